The third-order valence-electron chi connectivity index (χ3n) is 6.23. The number of para-hydroxylation sites is 2. The zero-order chi connectivity index (χ0) is 25.9. The Morgan fingerprint density at radius 2 is 1.39 bits per heavy atom. The lowest BCUT2D eigenvalue weighted by atomic mass is 10.2. The van der Waals surface area contributed by atoms with Crippen LogP contribution in [0.5, 0.6) is 0 Å². The van der Waals surface area contributed by atoms with Gasteiger partial charge < -0.3 is 19.6 Å². The van der Waals surface area contributed by atoms with Crippen molar-refractivity contribution in [3.05, 3.63) is 126 Å². The van der Waals surface area contributed by atoms with Crippen molar-refractivity contribution >= 4 is 39.8 Å². The number of nitrogens with one attached hydrogen (secondary N) is 2. The Bertz CT molecular complexity index is 1740. The van der Waals surface area contributed by atoms with Gasteiger partial charge in [-0.25, -0.2) is 9.97 Å². The van der Waals surface area contributed by atoms with Crippen LogP contribution in [0.15, 0.2) is 108 Å². The molecule has 0 aliphatic rings. The van der Waals surface area contributed by atoms with E-state index >= 15 is 0 Å². The zero-order valence-corrected chi connectivity index (χ0v) is 20.3. The number of rotatable bonds is 7. The first-order chi connectivity index (χ1) is 18.7. The van der Waals surface area contributed by atoms with E-state index in [0.29, 0.717) is 41.1 Å². The summed E-state index contributed by atoms with van der Waals surface area (Å²) in [5.41, 5.74) is 4.40. The van der Waals surface area contributed by atoms with Crippen molar-refractivity contribution in [3.8, 4) is 0 Å². The lowest BCUT2D eigenvalue weighted by molar-refractivity contribution is 0.0953. The second-order valence-electron chi connectivity index (χ2n) is 8.78. The minimum Gasteiger partial charge on any atom is -0.459 e. The summed E-state index contributed by atoms with van der Waals surface area (Å²) in [6, 6.07) is 30.1. The maximum Gasteiger partial charge on any atom is 0.292 e. The SMILES string of the molecule is O=C(Nc1c(C(=O)NCc2ccccc2)c2nc3ccccc3nc2n1Cc1ccccc1)c1ccco1. The fourth-order valence-corrected chi connectivity index (χ4v) is 4.41. The molecule has 2 N–H and O–H groups in total. The molecule has 3 aromatic heterocycles. The lowest BCUT2D eigenvalue weighted by Gasteiger charge is -2.13. The van der Waals surface area contributed by atoms with Gasteiger partial charge in [-0.2, -0.15) is 0 Å². The molecule has 0 spiro atoms. The van der Waals surface area contributed by atoms with Crippen LogP contribution in [0, 0.1) is 0 Å². The first kappa shape index (κ1) is 23.2. The summed E-state index contributed by atoms with van der Waals surface area (Å²) >= 11 is 0. The second-order valence-corrected chi connectivity index (χ2v) is 8.78. The molecule has 0 atom stereocenters. The van der Waals surface area contributed by atoms with E-state index in [1.165, 1.54) is 6.26 Å². The fourth-order valence-electron chi connectivity index (χ4n) is 4.41. The van der Waals surface area contributed by atoms with E-state index in [0.717, 1.165) is 11.1 Å². The van der Waals surface area contributed by atoms with Crippen LogP contribution in [0.2, 0.25) is 0 Å². The monoisotopic (exact) mass is 501 g/mol. The van der Waals surface area contributed by atoms with E-state index in [4.69, 9.17) is 14.4 Å². The van der Waals surface area contributed by atoms with Crippen LogP contribution in [0.1, 0.15) is 32.0 Å². The Morgan fingerprint density at radius 3 is 2.08 bits per heavy atom. The number of hydrogen-bond acceptors (Lipinski definition) is 5. The number of hydrogen-bond donors (Lipinski definition) is 2. The highest BCUT2D eigenvalue weighted by atomic mass is 16.3. The molecule has 8 heteroatoms. The van der Waals surface area contributed by atoms with Gasteiger partial charge in [-0.1, -0.05) is 72.8 Å². The highest BCUT2D eigenvalue weighted by molar-refractivity contribution is 6.14. The molecular weight excluding hydrogens is 478 g/mol. The van der Waals surface area contributed by atoms with Crippen LogP contribution in [-0.4, -0.2) is 26.3 Å². The molecule has 2 amide bonds. The number of aromatic nitrogens is 3. The van der Waals surface area contributed by atoms with Gasteiger partial charge in [0.1, 0.15) is 16.9 Å². The topological polar surface area (TPSA) is 102 Å². The summed E-state index contributed by atoms with van der Waals surface area (Å²) in [6.45, 7) is 0.682. The molecule has 0 saturated heterocycles. The Kier molecular flexibility index (Phi) is 6.11. The maximum atomic E-state index is 13.8. The van der Waals surface area contributed by atoms with Gasteiger partial charge in [0, 0.05) is 6.54 Å². The van der Waals surface area contributed by atoms with Crippen molar-refractivity contribution in [2.45, 2.75) is 13.1 Å². The van der Waals surface area contributed by atoms with E-state index in [1.807, 2.05) is 89.5 Å². The summed E-state index contributed by atoms with van der Waals surface area (Å²) in [5, 5.41) is 5.90. The molecule has 0 aliphatic heterocycles. The fraction of sp³-hybridized carbons (Fsp3) is 0.0667. The summed E-state index contributed by atoms with van der Waals surface area (Å²) in [6.07, 6.45) is 1.43. The molecule has 0 aliphatic carbocycles. The minimum atomic E-state index is -0.478. The van der Waals surface area contributed by atoms with Crippen LogP contribution in [0.25, 0.3) is 22.2 Å². The van der Waals surface area contributed by atoms with E-state index in [9.17, 15) is 9.59 Å². The Labute approximate surface area is 218 Å². The van der Waals surface area contributed by atoms with Crippen LogP contribution in [-0.2, 0) is 13.1 Å². The number of nitrogens with zero attached hydrogens (tertiary/aromatic N) is 3. The van der Waals surface area contributed by atoms with Crippen molar-refractivity contribution in [2.24, 2.45) is 0 Å². The number of anilines is 1. The van der Waals surface area contributed by atoms with Gasteiger partial charge in [-0.3, -0.25) is 9.59 Å². The summed E-state index contributed by atoms with van der Waals surface area (Å²) in [7, 11) is 0. The molecule has 0 radical (unpaired) electrons. The van der Waals surface area contributed by atoms with Crippen LogP contribution >= 0.6 is 0 Å². The normalized spacial score (nSPS) is 11.1. The molecule has 0 fully saturated rings. The average molecular weight is 502 g/mol. The largest absolute Gasteiger partial charge is 0.459 e. The van der Waals surface area contributed by atoms with Gasteiger partial charge in [0.2, 0.25) is 0 Å². The molecule has 38 heavy (non-hydrogen) atoms. The Morgan fingerprint density at radius 1 is 0.737 bits per heavy atom. The number of amides is 2. The van der Waals surface area contributed by atoms with Crippen LogP contribution < -0.4 is 10.6 Å². The van der Waals surface area contributed by atoms with Crippen LogP contribution in [0.3, 0.4) is 0 Å². The molecule has 3 aromatic carbocycles. The van der Waals surface area contributed by atoms with Crippen molar-refractivity contribution in [1.29, 1.82) is 0 Å². The third-order valence-corrected chi connectivity index (χ3v) is 6.23. The standard InChI is InChI=1S/C30H23N5O3/c36-29(24-16-9-17-38-24)34-27-25(30(37)31-18-20-10-3-1-4-11-20)26-28(33-23-15-8-7-14-22(23)32-26)35(27)19-21-12-5-2-6-13-21/h1-17H,18-19H2,(H,31,37)(H,34,36). The summed E-state index contributed by atoms with van der Waals surface area (Å²) in [5.74, 6) is -0.423. The van der Waals surface area contributed by atoms with Crippen LogP contribution in [0.4, 0.5) is 5.82 Å². The second kappa shape index (κ2) is 10.0. The van der Waals surface area contributed by atoms with E-state index in [2.05, 4.69) is 10.6 Å². The Hall–Kier alpha value is -5.24. The molecule has 0 saturated carbocycles. The van der Waals surface area contributed by atoms with Crippen molar-refractivity contribution < 1.29 is 14.0 Å². The summed E-state index contributed by atoms with van der Waals surface area (Å²) < 4.78 is 7.14. The Balaban J connectivity index is 1.53. The number of carbonyl (C=O) groups excluding carboxylic acids is 2. The summed E-state index contributed by atoms with van der Waals surface area (Å²) in [4.78, 5) is 36.6. The van der Waals surface area contributed by atoms with Gasteiger partial charge in [0.25, 0.3) is 11.8 Å². The van der Waals surface area contributed by atoms with Crippen molar-refractivity contribution in [2.75, 3.05) is 5.32 Å². The predicted octanol–water partition coefficient (Wildman–Crippen LogP) is 5.41. The van der Waals surface area contributed by atoms with Gasteiger partial charge in [0.05, 0.1) is 23.8 Å². The van der Waals surface area contributed by atoms with E-state index < -0.39 is 5.91 Å². The molecule has 6 rings (SSSR count). The first-order valence-electron chi connectivity index (χ1n) is 12.2. The van der Waals surface area contributed by atoms with Gasteiger partial charge in [-0.05, 0) is 35.4 Å². The average Bonchev–Trinajstić information content (AvgIpc) is 3.59. The molecular formula is C30H23N5O3. The molecule has 8 nitrogen and oxygen atoms in total. The predicted molar refractivity (Wildman–Crippen MR) is 145 cm³/mol. The van der Waals surface area contributed by atoms with E-state index in [1.54, 1.807) is 12.1 Å². The minimum absolute atomic E-state index is 0.128. The highest BCUT2D eigenvalue weighted by Gasteiger charge is 2.27. The number of benzene rings is 3. The number of furan rings is 1. The molecule has 3 heterocycles. The molecule has 0 bridgehead atoms. The molecule has 0 unspecified atom stereocenters. The van der Waals surface area contributed by atoms with Gasteiger partial charge in [0.15, 0.2) is 11.4 Å². The maximum absolute atomic E-state index is 13.8. The lowest BCUT2D eigenvalue weighted by Crippen LogP contribution is -2.25. The zero-order valence-electron chi connectivity index (χ0n) is 20.3. The third kappa shape index (κ3) is 4.51. The first-order valence-corrected chi connectivity index (χ1v) is 12.2. The van der Waals surface area contributed by atoms with Crippen molar-refractivity contribution in [3.63, 3.8) is 0 Å². The van der Waals surface area contributed by atoms with Gasteiger partial charge in [-0.15, -0.1) is 0 Å². The quantitative estimate of drug-likeness (QED) is 0.305. The van der Waals surface area contributed by atoms with Gasteiger partial charge >= 0.3 is 0 Å². The molecule has 186 valence electrons. The number of carbonyl (C=O) groups is 2. The van der Waals surface area contributed by atoms with Crippen molar-refractivity contribution in [1.82, 2.24) is 19.9 Å². The smallest absolute Gasteiger partial charge is 0.292 e. The highest BCUT2D eigenvalue weighted by Crippen LogP contribution is 2.31. The molecule has 6 aromatic rings. The van der Waals surface area contributed by atoms with E-state index in [-0.39, 0.29) is 17.2 Å². The number of fused-ring (bicyclic) bond motifs is 2.